The van der Waals surface area contributed by atoms with E-state index in [4.69, 9.17) is 11.6 Å². The largest absolute Gasteiger partial charge is 0.389 e. The molecule has 2 heterocycles. The predicted octanol–water partition coefficient (Wildman–Crippen LogP) is 3.82. The van der Waals surface area contributed by atoms with E-state index < -0.39 is 5.60 Å². The van der Waals surface area contributed by atoms with Gasteiger partial charge in [0.2, 0.25) is 0 Å². The summed E-state index contributed by atoms with van der Waals surface area (Å²) in [5.74, 6) is 0.471. The molecule has 0 saturated heterocycles. The van der Waals surface area contributed by atoms with Crippen LogP contribution >= 0.6 is 11.6 Å². The highest BCUT2D eigenvalue weighted by Crippen LogP contribution is 2.24. The minimum atomic E-state index is -1.03. The first-order chi connectivity index (χ1) is 14.1. The monoisotopic (exact) mass is 427 g/mol. The van der Waals surface area contributed by atoms with Gasteiger partial charge in [0.05, 0.1) is 23.1 Å². The molecule has 30 heavy (non-hydrogen) atoms. The van der Waals surface area contributed by atoms with Crippen LogP contribution in [0.5, 0.6) is 0 Å². The lowest BCUT2D eigenvalue weighted by atomic mass is 10.1. The number of nitrogens with zero attached hydrogens (tertiary/aromatic N) is 4. The Kier molecular flexibility index (Phi) is 6.53. The summed E-state index contributed by atoms with van der Waals surface area (Å²) in [4.78, 5) is 21.8. The molecule has 2 N–H and O–H groups in total. The number of amides is 1. The molecule has 0 fully saturated rings. The second-order valence-corrected chi connectivity index (χ2v) is 8.75. The van der Waals surface area contributed by atoms with Crippen molar-refractivity contribution in [3.63, 3.8) is 0 Å². The van der Waals surface area contributed by atoms with E-state index >= 15 is 0 Å². The van der Waals surface area contributed by atoms with Crippen LogP contribution in [-0.2, 0) is 6.54 Å². The molecule has 1 amide bonds. The molecule has 7 nitrogen and oxygen atoms in total. The first kappa shape index (κ1) is 21.9. The Hall–Kier alpha value is -2.77. The molecule has 0 aliphatic carbocycles. The molecule has 3 aromatic rings. The Morgan fingerprint density at radius 1 is 1.20 bits per heavy atom. The van der Waals surface area contributed by atoms with Crippen molar-refractivity contribution in [3.8, 4) is 22.6 Å². The molecule has 1 aromatic carbocycles. The Balaban J connectivity index is 2.00. The van der Waals surface area contributed by atoms with Crippen molar-refractivity contribution in [3.05, 3.63) is 53.4 Å². The fraction of sp³-hybridized carbons (Fsp3) is 0.364. The first-order valence-electron chi connectivity index (χ1n) is 9.79. The third-order valence-electron chi connectivity index (χ3n) is 4.22. The van der Waals surface area contributed by atoms with E-state index in [-0.39, 0.29) is 18.1 Å². The molecule has 0 radical (unpaired) electrons. The van der Waals surface area contributed by atoms with Crippen LogP contribution in [0, 0.1) is 5.92 Å². The Labute approximate surface area is 181 Å². The molecule has 0 atom stereocenters. The van der Waals surface area contributed by atoms with Crippen LogP contribution in [0.25, 0.3) is 22.6 Å². The average Bonchev–Trinajstić information content (AvgIpc) is 3.13. The minimum Gasteiger partial charge on any atom is -0.389 e. The van der Waals surface area contributed by atoms with Crippen LogP contribution in [0.15, 0.2) is 42.7 Å². The quantitative estimate of drug-likeness (QED) is 0.598. The molecule has 0 saturated carbocycles. The topological polar surface area (TPSA) is 92.9 Å². The summed E-state index contributed by atoms with van der Waals surface area (Å²) in [7, 11) is 0. The van der Waals surface area contributed by atoms with Gasteiger partial charge in [0.15, 0.2) is 5.82 Å². The van der Waals surface area contributed by atoms with Gasteiger partial charge in [-0.3, -0.25) is 9.48 Å². The van der Waals surface area contributed by atoms with Gasteiger partial charge >= 0.3 is 0 Å². The summed E-state index contributed by atoms with van der Waals surface area (Å²) in [6, 6.07) is 8.86. The van der Waals surface area contributed by atoms with Crippen molar-refractivity contribution in [2.45, 2.75) is 39.8 Å². The number of benzene rings is 1. The normalized spacial score (nSPS) is 11.7. The van der Waals surface area contributed by atoms with E-state index in [1.165, 1.54) is 0 Å². The molecule has 2 aromatic heterocycles. The van der Waals surface area contributed by atoms with Crippen molar-refractivity contribution in [1.82, 2.24) is 25.1 Å². The molecule has 0 unspecified atom stereocenters. The Bertz CT molecular complexity index is 1020. The molecule has 0 spiro atoms. The number of hydrogen-bond donors (Lipinski definition) is 2. The van der Waals surface area contributed by atoms with Gasteiger partial charge in [0, 0.05) is 29.9 Å². The molecule has 3 rings (SSSR count). The highest BCUT2D eigenvalue weighted by Gasteiger charge is 2.18. The summed E-state index contributed by atoms with van der Waals surface area (Å²) in [5.41, 5.74) is 1.33. The van der Waals surface area contributed by atoms with E-state index in [1.54, 1.807) is 38.2 Å². The van der Waals surface area contributed by atoms with Crippen LogP contribution in [0.3, 0.4) is 0 Å². The number of aliphatic hydroxyl groups is 1. The van der Waals surface area contributed by atoms with Crippen LogP contribution in [0.2, 0.25) is 5.02 Å². The smallest absolute Gasteiger partial charge is 0.270 e. The fourth-order valence-electron chi connectivity index (χ4n) is 2.80. The SMILES string of the molecule is CC(C)Cn1cc(-c2nc(C(=O)NCC(C)(C)O)cc(-c3ccc(Cl)cc3)n2)cn1. The van der Waals surface area contributed by atoms with Crippen molar-refractivity contribution in [1.29, 1.82) is 0 Å². The summed E-state index contributed by atoms with van der Waals surface area (Å²) in [6.07, 6.45) is 3.57. The minimum absolute atomic E-state index is 0.105. The number of carbonyl (C=O) groups is 1. The molecule has 0 bridgehead atoms. The van der Waals surface area contributed by atoms with Crippen LogP contribution in [0.1, 0.15) is 38.2 Å². The Morgan fingerprint density at radius 3 is 2.53 bits per heavy atom. The Morgan fingerprint density at radius 2 is 1.90 bits per heavy atom. The highest BCUT2D eigenvalue weighted by molar-refractivity contribution is 6.30. The van der Waals surface area contributed by atoms with Gasteiger partial charge in [0.25, 0.3) is 5.91 Å². The lowest BCUT2D eigenvalue weighted by Gasteiger charge is -2.17. The lowest BCUT2D eigenvalue weighted by molar-refractivity contribution is 0.0692. The average molecular weight is 428 g/mol. The number of aromatic nitrogens is 4. The number of nitrogens with one attached hydrogen (secondary N) is 1. The predicted molar refractivity (Wildman–Crippen MR) is 117 cm³/mol. The first-order valence-corrected chi connectivity index (χ1v) is 10.2. The molecule has 158 valence electrons. The van der Waals surface area contributed by atoms with E-state index in [2.05, 4.69) is 34.2 Å². The van der Waals surface area contributed by atoms with Crippen molar-refractivity contribution < 1.29 is 9.90 Å². The molecule has 8 heteroatoms. The summed E-state index contributed by atoms with van der Waals surface area (Å²) in [5, 5.41) is 17.6. The third-order valence-corrected chi connectivity index (χ3v) is 4.48. The highest BCUT2D eigenvalue weighted by atomic mass is 35.5. The second kappa shape index (κ2) is 8.93. The van der Waals surface area contributed by atoms with E-state index in [1.807, 2.05) is 23.0 Å². The van der Waals surface area contributed by atoms with Gasteiger partial charge < -0.3 is 10.4 Å². The summed E-state index contributed by atoms with van der Waals surface area (Å²) < 4.78 is 1.84. The van der Waals surface area contributed by atoms with E-state index in [0.29, 0.717) is 22.5 Å². The zero-order chi connectivity index (χ0) is 21.9. The standard InChI is InChI=1S/C22H26ClN5O2/c1-14(2)11-28-12-16(10-25-28)20-26-18(15-5-7-17(23)8-6-15)9-19(27-20)21(29)24-13-22(3,4)30/h5-10,12,14,30H,11,13H2,1-4H3,(H,24,29). The zero-order valence-corrected chi connectivity index (χ0v) is 18.3. The second-order valence-electron chi connectivity index (χ2n) is 8.31. The fourth-order valence-corrected chi connectivity index (χ4v) is 2.93. The maximum atomic E-state index is 12.7. The van der Waals surface area contributed by atoms with Crippen LogP contribution < -0.4 is 5.32 Å². The molecular weight excluding hydrogens is 402 g/mol. The van der Waals surface area contributed by atoms with E-state index in [0.717, 1.165) is 17.7 Å². The number of rotatable bonds is 7. The number of carbonyl (C=O) groups excluding carboxylic acids is 1. The van der Waals surface area contributed by atoms with Gasteiger partial charge in [-0.15, -0.1) is 0 Å². The van der Waals surface area contributed by atoms with Crippen molar-refractivity contribution in [2.75, 3.05) is 6.54 Å². The number of hydrogen-bond acceptors (Lipinski definition) is 5. The molecular formula is C22H26ClN5O2. The van der Waals surface area contributed by atoms with Gasteiger partial charge in [-0.05, 0) is 38.0 Å². The van der Waals surface area contributed by atoms with Crippen LogP contribution in [0.4, 0.5) is 0 Å². The van der Waals surface area contributed by atoms with Crippen LogP contribution in [-0.4, -0.2) is 42.9 Å². The summed E-state index contributed by atoms with van der Waals surface area (Å²) in [6.45, 7) is 8.36. The number of halogens is 1. The molecule has 0 aliphatic heterocycles. The van der Waals surface area contributed by atoms with E-state index in [9.17, 15) is 9.90 Å². The van der Waals surface area contributed by atoms with Crippen molar-refractivity contribution in [2.24, 2.45) is 5.92 Å². The van der Waals surface area contributed by atoms with Crippen molar-refractivity contribution >= 4 is 17.5 Å². The van der Waals surface area contributed by atoms with Gasteiger partial charge in [-0.25, -0.2) is 9.97 Å². The summed E-state index contributed by atoms with van der Waals surface area (Å²) >= 11 is 6.00. The maximum Gasteiger partial charge on any atom is 0.270 e. The van der Waals surface area contributed by atoms with Gasteiger partial charge in [-0.1, -0.05) is 37.6 Å². The molecule has 0 aliphatic rings. The maximum absolute atomic E-state index is 12.7. The van der Waals surface area contributed by atoms with Gasteiger partial charge in [-0.2, -0.15) is 5.10 Å². The third kappa shape index (κ3) is 5.87. The van der Waals surface area contributed by atoms with Gasteiger partial charge in [0.1, 0.15) is 5.69 Å². The lowest BCUT2D eigenvalue weighted by Crippen LogP contribution is -2.38. The zero-order valence-electron chi connectivity index (χ0n) is 17.6.